The van der Waals surface area contributed by atoms with E-state index in [1.165, 1.54) is 0 Å². The maximum absolute atomic E-state index is 12.0. The van der Waals surface area contributed by atoms with Gasteiger partial charge in [-0.1, -0.05) is 12.1 Å². The molecule has 98 valence electrons. The number of amides is 1. The highest BCUT2D eigenvalue weighted by Crippen LogP contribution is 2.13. The third-order valence-corrected chi connectivity index (χ3v) is 3.03. The van der Waals surface area contributed by atoms with Crippen molar-refractivity contribution in [3.63, 3.8) is 0 Å². The lowest BCUT2D eigenvalue weighted by molar-refractivity contribution is 0.102. The third kappa shape index (κ3) is 3.87. The Morgan fingerprint density at radius 1 is 1.26 bits per heavy atom. The van der Waals surface area contributed by atoms with Crippen molar-refractivity contribution < 1.29 is 9.90 Å². The predicted molar refractivity (Wildman–Crippen MR) is 77.1 cm³/mol. The molecular weight excluding hydrogens is 308 g/mol. The maximum atomic E-state index is 12.0. The van der Waals surface area contributed by atoms with Crippen LogP contribution in [0.25, 0.3) is 0 Å². The number of nitrogens with zero attached hydrogens (tertiary/aromatic N) is 1. The van der Waals surface area contributed by atoms with Crippen LogP contribution in [0.4, 0.5) is 5.69 Å². The summed E-state index contributed by atoms with van der Waals surface area (Å²) in [4.78, 5) is 16.0. The van der Waals surface area contributed by atoms with Crippen molar-refractivity contribution in [3.05, 3.63) is 58.3 Å². The molecule has 0 saturated carbocycles. The number of aliphatic hydroxyl groups excluding tert-OH is 1. The van der Waals surface area contributed by atoms with Gasteiger partial charge in [0, 0.05) is 24.1 Å². The quantitative estimate of drug-likeness (QED) is 0.851. The molecule has 19 heavy (non-hydrogen) atoms. The first kappa shape index (κ1) is 13.7. The average molecular weight is 321 g/mol. The molecule has 0 radical (unpaired) electrons. The summed E-state index contributed by atoms with van der Waals surface area (Å²) < 4.78 is 0.624. The number of hydrogen-bond donors (Lipinski definition) is 2. The average Bonchev–Trinajstić information content (AvgIpc) is 2.41. The van der Waals surface area contributed by atoms with E-state index in [2.05, 4.69) is 26.2 Å². The largest absolute Gasteiger partial charge is 0.396 e. The van der Waals surface area contributed by atoms with Crippen LogP contribution in [0.5, 0.6) is 0 Å². The van der Waals surface area contributed by atoms with E-state index in [-0.39, 0.29) is 12.5 Å². The number of aliphatic hydroxyl groups is 1. The normalized spacial score (nSPS) is 10.2. The van der Waals surface area contributed by atoms with E-state index in [1.807, 2.05) is 24.3 Å². The lowest BCUT2D eigenvalue weighted by atomic mass is 10.1. The fraction of sp³-hybridized carbons (Fsp3) is 0.143. The van der Waals surface area contributed by atoms with Gasteiger partial charge in [-0.3, -0.25) is 4.79 Å². The van der Waals surface area contributed by atoms with Crippen molar-refractivity contribution in [1.82, 2.24) is 4.98 Å². The molecule has 1 heterocycles. The van der Waals surface area contributed by atoms with Crippen LogP contribution in [0.3, 0.4) is 0 Å². The first-order chi connectivity index (χ1) is 9.19. The molecule has 0 bridgehead atoms. The molecule has 2 N–H and O–H groups in total. The van der Waals surface area contributed by atoms with Gasteiger partial charge < -0.3 is 10.4 Å². The van der Waals surface area contributed by atoms with Crippen LogP contribution in [-0.2, 0) is 6.42 Å². The van der Waals surface area contributed by atoms with Gasteiger partial charge in [-0.2, -0.15) is 0 Å². The highest BCUT2D eigenvalue weighted by atomic mass is 79.9. The Hall–Kier alpha value is -1.72. The Labute approximate surface area is 119 Å². The summed E-state index contributed by atoms with van der Waals surface area (Å²) in [6.07, 6.45) is 2.19. The van der Waals surface area contributed by atoms with Crippen molar-refractivity contribution in [2.45, 2.75) is 6.42 Å². The first-order valence-corrected chi connectivity index (χ1v) is 6.61. The molecule has 0 aliphatic heterocycles. The first-order valence-electron chi connectivity index (χ1n) is 5.82. The highest BCUT2D eigenvalue weighted by molar-refractivity contribution is 9.10. The van der Waals surface area contributed by atoms with Crippen LogP contribution in [-0.4, -0.2) is 22.6 Å². The molecule has 1 amide bonds. The minimum Gasteiger partial charge on any atom is -0.396 e. The lowest BCUT2D eigenvalue weighted by Crippen LogP contribution is -2.12. The van der Waals surface area contributed by atoms with Crippen LogP contribution < -0.4 is 5.32 Å². The number of aromatic nitrogens is 1. The molecule has 0 aliphatic carbocycles. The van der Waals surface area contributed by atoms with Crippen molar-refractivity contribution in [1.29, 1.82) is 0 Å². The van der Waals surface area contributed by atoms with Crippen molar-refractivity contribution >= 4 is 27.5 Å². The van der Waals surface area contributed by atoms with Gasteiger partial charge in [0.1, 0.15) is 4.60 Å². The van der Waals surface area contributed by atoms with E-state index in [0.29, 0.717) is 16.6 Å². The predicted octanol–water partition coefficient (Wildman–Crippen LogP) is 2.63. The molecule has 0 spiro atoms. The van der Waals surface area contributed by atoms with Crippen LogP contribution in [0, 0.1) is 0 Å². The maximum Gasteiger partial charge on any atom is 0.255 e. The Balaban J connectivity index is 2.06. The Morgan fingerprint density at radius 2 is 2.00 bits per heavy atom. The number of carbonyl (C=O) groups is 1. The Kier molecular flexibility index (Phi) is 4.65. The summed E-state index contributed by atoms with van der Waals surface area (Å²) in [5.41, 5.74) is 2.30. The number of nitrogens with one attached hydrogen (secondary N) is 1. The van der Waals surface area contributed by atoms with Gasteiger partial charge in [-0.05, 0) is 52.2 Å². The number of halogens is 1. The standard InChI is InChI=1S/C14H13BrN2O2/c15-13-9-11(5-7-16-13)14(19)17-12-3-1-10(2-4-12)6-8-18/h1-5,7,9,18H,6,8H2,(H,17,19). The molecule has 1 aromatic heterocycles. The third-order valence-electron chi connectivity index (χ3n) is 2.60. The second-order valence-corrected chi connectivity index (χ2v) is 4.80. The molecule has 0 aliphatic rings. The summed E-state index contributed by atoms with van der Waals surface area (Å²) in [6, 6.07) is 10.7. The number of benzene rings is 1. The fourth-order valence-electron chi connectivity index (χ4n) is 1.63. The monoisotopic (exact) mass is 320 g/mol. The molecule has 0 atom stereocenters. The summed E-state index contributed by atoms with van der Waals surface area (Å²) >= 11 is 3.23. The summed E-state index contributed by atoms with van der Waals surface area (Å²) in [5.74, 6) is -0.182. The van der Waals surface area contributed by atoms with Gasteiger partial charge in [0.25, 0.3) is 5.91 Å². The zero-order valence-corrected chi connectivity index (χ0v) is 11.7. The molecule has 1 aromatic carbocycles. The topological polar surface area (TPSA) is 62.2 Å². The highest BCUT2D eigenvalue weighted by Gasteiger charge is 2.06. The van der Waals surface area contributed by atoms with Crippen molar-refractivity contribution in [2.24, 2.45) is 0 Å². The van der Waals surface area contributed by atoms with Crippen LogP contribution >= 0.6 is 15.9 Å². The molecule has 2 aromatic rings. The number of carbonyl (C=O) groups excluding carboxylic acids is 1. The number of pyridine rings is 1. The van der Waals surface area contributed by atoms with Crippen LogP contribution in [0.2, 0.25) is 0 Å². The molecular formula is C14H13BrN2O2. The van der Waals surface area contributed by atoms with E-state index in [0.717, 1.165) is 11.3 Å². The minimum atomic E-state index is -0.182. The zero-order chi connectivity index (χ0) is 13.7. The van der Waals surface area contributed by atoms with Crippen molar-refractivity contribution in [2.75, 3.05) is 11.9 Å². The van der Waals surface area contributed by atoms with Gasteiger partial charge in [-0.15, -0.1) is 0 Å². The van der Waals surface area contributed by atoms with Crippen LogP contribution in [0.15, 0.2) is 47.2 Å². The van der Waals surface area contributed by atoms with E-state index >= 15 is 0 Å². The van der Waals surface area contributed by atoms with Gasteiger partial charge in [0.2, 0.25) is 0 Å². The molecule has 0 saturated heterocycles. The lowest BCUT2D eigenvalue weighted by Gasteiger charge is -2.06. The molecule has 0 unspecified atom stereocenters. The van der Waals surface area contributed by atoms with Gasteiger partial charge in [0.15, 0.2) is 0 Å². The fourth-order valence-corrected chi connectivity index (χ4v) is 2.00. The van der Waals surface area contributed by atoms with E-state index in [9.17, 15) is 4.79 Å². The minimum absolute atomic E-state index is 0.122. The van der Waals surface area contributed by atoms with E-state index in [1.54, 1.807) is 18.3 Å². The second-order valence-electron chi connectivity index (χ2n) is 3.99. The number of hydrogen-bond acceptors (Lipinski definition) is 3. The van der Waals surface area contributed by atoms with Gasteiger partial charge >= 0.3 is 0 Å². The molecule has 2 rings (SSSR count). The molecule has 0 fully saturated rings. The number of anilines is 1. The number of rotatable bonds is 4. The van der Waals surface area contributed by atoms with E-state index in [4.69, 9.17) is 5.11 Å². The second kappa shape index (κ2) is 6.45. The summed E-state index contributed by atoms with van der Waals surface area (Å²) in [6.45, 7) is 0.122. The summed E-state index contributed by atoms with van der Waals surface area (Å²) in [5, 5.41) is 11.6. The molecule has 5 heteroatoms. The molecule has 4 nitrogen and oxygen atoms in total. The van der Waals surface area contributed by atoms with E-state index < -0.39 is 0 Å². The summed E-state index contributed by atoms with van der Waals surface area (Å²) in [7, 11) is 0. The van der Waals surface area contributed by atoms with Gasteiger partial charge in [0.05, 0.1) is 0 Å². The zero-order valence-electron chi connectivity index (χ0n) is 10.1. The van der Waals surface area contributed by atoms with Gasteiger partial charge in [-0.25, -0.2) is 4.98 Å². The van der Waals surface area contributed by atoms with Crippen LogP contribution in [0.1, 0.15) is 15.9 Å². The van der Waals surface area contributed by atoms with Crippen molar-refractivity contribution in [3.8, 4) is 0 Å². The Bertz CT molecular complexity index is 570. The SMILES string of the molecule is O=C(Nc1ccc(CCO)cc1)c1ccnc(Br)c1. The Morgan fingerprint density at radius 3 is 2.63 bits per heavy atom. The smallest absolute Gasteiger partial charge is 0.255 e.